The molecule has 0 saturated carbocycles. The zero-order chi connectivity index (χ0) is 18.6. The first-order chi connectivity index (χ1) is 11.7. The third-order valence-electron chi connectivity index (χ3n) is 3.92. The summed E-state index contributed by atoms with van der Waals surface area (Å²) in [4.78, 5) is 13.9. The zero-order valence-corrected chi connectivity index (χ0v) is 16.5. The van der Waals surface area contributed by atoms with E-state index in [2.05, 4.69) is 5.32 Å². The lowest BCUT2D eigenvalue weighted by atomic mass is 10.1. The molecule has 1 heterocycles. The lowest BCUT2D eigenvalue weighted by Gasteiger charge is -2.20. The monoisotopic (exact) mass is 380 g/mol. The minimum Gasteiger partial charge on any atom is -0.378 e. The molecule has 2 aromatic rings. The van der Waals surface area contributed by atoms with Crippen molar-refractivity contribution in [1.29, 1.82) is 0 Å². The van der Waals surface area contributed by atoms with Crippen molar-refractivity contribution < 1.29 is 13.2 Å². The number of hydrogen-bond donors (Lipinski definition) is 1. The third-order valence-corrected chi connectivity index (χ3v) is 7.45. The third kappa shape index (κ3) is 4.61. The molecule has 0 saturated heterocycles. The van der Waals surface area contributed by atoms with Crippen LogP contribution in [0.2, 0.25) is 0 Å². The average molecular weight is 381 g/mol. The second-order valence-corrected chi connectivity index (χ2v) is 9.66. The SMILES string of the molecule is CC(C)C(=O)NC[C@@H](c1ccc(N(C)C)cc1)S(=O)(=O)c1cccs1. The Labute approximate surface area is 153 Å². The molecule has 5 nitrogen and oxygen atoms in total. The van der Waals surface area contributed by atoms with E-state index in [0.717, 1.165) is 5.69 Å². The fourth-order valence-corrected chi connectivity index (χ4v) is 5.22. The van der Waals surface area contributed by atoms with Crippen LogP contribution in [0.5, 0.6) is 0 Å². The number of rotatable bonds is 7. The van der Waals surface area contributed by atoms with Crippen LogP contribution in [0.25, 0.3) is 0 Å². The molecule has 0 unspecified atom stereocenters. The minimum absolute atomic E-state index is 0.0541. The van der Waals surface area contributed by atoms with Crippen molar-refractivity contribution >= 4 is 32.8 Å². The van der Waals surface area contributed by atoms with Gasteiger partial charge in [0.25, 0.3) is 0 Å². The molecule has 1 N–H and O–H groups in total. The van der Waals surface area contributed by atoms with Gasteiger partial charge in [0.15, 0.2) is 9.84 Å². The molecule has 0 aliphatic carbocycles. The maximum atomic E-state index is 13.0. The van der Waals surface area contributed by atoms with Crippen molar-refractivity contribution in [2.45, 2.75) is 23.3 Å². The molecule has 136 valence electrons. The summed E-state index contributed by atoms with van der Waals surface area (Å²) in [5.41, 5.74) is 1.66. The van der Waals surface area contributed by atoms with Crippen molar-refractivity contribution in [3.63, 3.8) is 0 Å². The summed E-state index contributed by atoms with van der Waals surface area (Å²) >= 11 is 1.19. The van der Waals surface area contributed by atoms with Gasteiger partial charge in [0.1, 0.15) is 9.46 Å². The van der Waals surface area contributed by atoms with Gasteiger partial charge < -0.3 is 10.2 Å². The predicted molar refractivity (Wildman–Crippen MR) is 103 cm³/mol. The quantitative estimate of drug-likeness (QED) is 0.801. The van der Waals surface area contributed by atoms with Crippen molar-refractivity contribution in [2.75, 3.05) is 25.5 Å². The number of anilines is 1. The molecular formula is C18H24N2O3S2. The smallest absolute Gasteiger partial charge is 0.222 e. The summed E-state index contributed by atoms with van der Waals surface area (Å²) in [6, 6.07) is 10.7. The Morgan fingerprint density at radius 2 is 1.80 bits per heavy atom. The number of carbonyl (C=O) groups is 1. The summed E-state index contributed by atoms with van der Waals surface area (Å²) in [6.45, 7) is 3.62. The van der Waals surface area contributed by atoms with Gasteiger partial charge in [0.05, 0.1) is 0 Å². The van der Waals surface area contributed by atoms with Crippen LogP contribution >= 0.6 is 11.3 Å². The molecule has 1 aromatic heterocycles. The highest BCUT2D eigenvalue weighted by Gasteiger charge is 2.30. The molecule has 0 aliphatic rings. The van der Waals surface area contributed by atoms with Crippen molar-refractivity contribution in [3.05, 3.63) is 47.3 Å². The van der Waals surface area contributed by atoms with Gasteiger partial charge in [-0.05, 0) is 29.1 Å². The highest BCUT2D eigenvalue weighted by Crippen LogP contribution is 2.32. The number of thiophene rings is 1. The number of nitrogens with one attached hydrogen (secondary N) is 1. The van der Waals surface area contributed by atoms with E-state index in [4.69, 9.17) is 0 Å². The lowest BCUT2D eigenvalue weighted by molar-refractivity contribution is -0.123. The standard InChI is InChI=1S/C18H24N2O3S2/c1-13(2)18(21)19-12-16(25(22,23)17-6-5-11-24-17)14-7-9-15(10-8-14)20(3)4/h5-11,13,16H,12H2,1-4H3,(H,19,21)/t16-/m0/s1. The van der Waals surface area contributed by atoms with Crippen molar-refractivity contribution in [1.82, 2.24) is 5.32 Å². The maximum absolute atomic E-state index is 13.0. The van der Waals surface area contributed by atoms with E-state index >= 15 is 0 Å². The van der Waals surface area contributed by atoms with Crippen LogP contribution in [0.4, 0.5) is 5.69 Å². The molecule has 0 aliphatic heterocycles. The van der Waals surface area contributed by atoms with Gasteiger partial charge in [0.2, 0.25) is 5.91 Å². The highest BCUT2D eigenvalue weighted by atomic mass is 32.2. The largest absolute Gasteiger partial charge is 0.378 e. The van der Waals surface area contributed by atoms with Gasteiger partial charge >= 0.3 is 0 Å². The van der Waals surface area contributed by atoms with Crippen LogP contribution in [0.3, 0.4) is 0 Å². The molecule has 0 bridgehead atoms. The van der Waals surface area contributed by atoms with Crippen LogP contribution in [0.1, 0.15) is 24.7 Å². The van der Waals surface area contributed by atoms with E-state index in [1.807, 2.05) is 43.3 Å². The van der Waals surface area contributed by atoms with E-state index in [1.54, 1.807) is 31.4 Å². The average Bonchev–Trinajstić information content (AvgIpc) is 3.10. The Kier molecular flexibility index (Phi) is 6.24. The number of benzene rings is 1. The topological polar surface area (TPSA) is 66.5 Å². The van der Waals surface area contributed by atoms with E-state index in [1.165, 1.54) is 11.3 Å². The van der Waals surface area contributed by atoms with Gasteiger partial charge in [-0.2, -0.15) is 0 Å². The van der Waals surface area contributed by atoms with Gasteiger partial charge in [-0.15, -0.1) is 11.3 Å². The van der Waals surface area contributed by atoms with Crippen LogP contribution in [0.15, 0.2) is 46.0 Å². The number of hydrogen-bond acceptors (Lipinski definition) is 5. The predicted octanol–water partition coefficient (Wildman–Crippen LogP) is 3.10. The van der Waals surface area contributed by atoms with Crippen molar-refractivity contribution in [2.24, 2.45) is 5.92 Å². The lowest BCUT2D eigenvalue weighted by Crippen LogP contribution is -2.34. The molecule has 7 heteroatoms. The van der Waals surface area contributed by atoms with E-state index in [0.29, 0.717) is 9.77 Å². The molecular weight excluding hydrogens is 356 g/mol. The Morgan fingerprint density at radius 3 is 2.28 bits per heavy atom. The second kappa shape index (κ2) is 8.01. The fourth-order valence-electron chi connectivity index (χ4n) is 2.36. The van der Waals surface area contributed by atoms with Gasteiger partial charge in [0, 0.05) is 32.2 Å². The number of nitrogens with zero attached hydrogens (tertiary/aromatic N) is 1. The number of amides is 1. The minimum atomic E-state index is -3.58. The van der Waals surface area contributed by atoms with Crippen LogP contribution in [0, 0.1) is 5.92 Å². The van der Waals surface area contributed by atoms with Crippen LogP contribution in [-0.4, -0.2) is 35.0 Å². The van der Waals surface area contributed by atoms with Gasteiger partial charge in [-0.25, -0.2) is 8.42 Å². The molecule has 0 fully saturated rings. The van der Waals surface area contributed by atoms with Crippen LogP contribution < -0.4 is 10.2 Å². The molecule has 25 heavy (non-hydrogen) atoms. The van der Waals surface area contributed by atoms with Gasteiger partial charge in [-0.3, -0.25) is 4.79 Å². The molecule has 0 spiro atoms. The highest BCUT2D eigenvalue weighted by molar-refractivity contribution is 7.93. The summed E-state index contributed by atoms with van der Waals surface area (Å²) in [5, 5.41) is 3.69. The molecule has 1 atom stereocenters. The summed E-state index contributed by atoms with van der Waals surface area (Å²) in [5.74, 6) is -0.350. The van der Waals surface area contributed by atoms with E-state index in [-0.39, 0.29) is 18.4 Å². The zero-order valence-electron chi connectivity index (χ0n) is 14.9. The second-order valence-electron chi connectivity index (χ2n) is 6.35. The molecule has 2 rings (SSSR count). The molecule has 1 amide bonds. The summed E-state index contributed by atoms with van der Waals surface area (Å²) < 4.78 is 26.4. The van der Waals surface area contributed by atoms with Gasteiger partial charge in [-0.1, -0.05) is 32.0 Å². The first-order valence-electron chi connectivity index (χ1n) is 8.06. The molecule has 0 radical (unpaired) electrons. The van der Waals surface area contributed by atoms with Crippen LogP contribution in [-0.2, 0) is 14.6 Å². The van der Waals surface area contributed by atoms with E-state index < -0.39 is 15.1 Å². The Hall–Kier alpha value is -1.86. The first-order valence-corrected chi connectivity index (χ1v) is 10.5. The summed E-state index contributed by atoms with van der Waals surface area (Å²) in [7, 11) is 0.282. The first kappa shape index (κ1) is 19.5. The normalized spacial score (nSPS) is 12.8. The maximum Gasteiger partial charge on any atom is 0.222 e. The Balaban J connectivity index is 2.36. The Bertz CT molecular complexity index is 795. The van der Waals surface area contributed by atoms with E-state index in [9.17, 15) is 13.2 Å². The number of sulfone groups is 1. The fraction of sp³-hybridized carbons (Fsp3) is 0.389. The molecule has 1 aromatic carbocycles. The van der Waals surface area contributed by atoms with Crippen molar-refractivity contribution in [3.8, 4) is 0 Å². The Morgan fingerprint density at radius 1 is 1.16 bits per heavy atom. The number of carbonyl (C=O) groups excluding carboxylic acids is 1. The summed E-state index contributed by atoms with van der Waals surface area (Å²) in [6.07, 6.45) is 0.